The van der Waals surface area contributed by atoms with E-state index >= 15 is 0 Å². The SMILES string of the molecule is C=C/C=C(\C=C/C)CN(C(CC(=O)OC)C(=O)OC)C1(c2ccccc2)c2ccccc2-c2ccccc21. The summed E-state index contributed by atoms with van der Waals surface area (Å²) >= 11 is 0. The number of hydrogen-bond donors (Lipinski definition) is 0. The molecule has 0 fully saturated rings. The maximum absolute atomic E-state index is 13.5. The normalized spacial score (nSPS) is 14.6. The Kier molecular flexibility index (Phi) is 8.39. The second kappa shape index (κ2) is 11.9. The fourth-order valence-electron chi connectivity index (χ4n) is 5.56. The number of ether oxygens (including phenoxy) is 2. The summed E-state index contributed by atoms with van der Waals surface area (Å²) in [5.74, 6) is -1.00. The fourth-order valence-corrected chi connectivity index (χ4v) is 5.56. The van der Waals surface area contributed by atoms with Gasteiger partial charge >= 0.3 is 11.9 Å². The third kappa shape index (κ3) is 4.73. The van der Waals surface area contributed by atoms with E-state index in [2.05, 4.69) is 47.9 Å². The van der Waals surface area contributed by atoms with Crippen molar-refractivity contribution in [3.05, 3.63) is 132 Å². The first-order chi connectivity index (χ1) is 18.5. The number of fused-ring (bicyclic) bond motifs is 3. The average molecular weight is 508 g/mol. The molecule has 194 valence electrons. The van der Waals surface area contributed by atoms with E-state index in [0.717, 1.165) is 33.4 Å². The Hall–Kier alpha value is -4.22. The molecule has 0 amide bonds. The molecule has 0 N–H and O–H groups in total. The van der Waals surface area contributed by atoms with Gasteiger partial charge in [0, 0.05) is 6.54 Å². The molecule has 3 aromatic rings. The Balaban J connectivity index is 2.13. The molecule has 0 spiro atoms. The van der Waals surface area contributed by atoms with Crippen LogP contribution in [0.5, 0.6) is 0 Å². The van der Waals surface area contributed by atoms with Crippen LogP contribution in [0, 0.1) is 0 Å². The van der Waals surface area contributed by atoms with E-state index in [1.807, 2.05) is 67.6 Å². The highest BCUT2D eigenvalue weighted by Gasteiger charge is 2.52. The summed E-state index contributed by atoms with van der Waals surface area (Å²) in [7, 11) is 2.68. The highest BCUT2D eigenvalue weighted by molar-refractivity contribution is 5.86. The van der Waals surface area contributed by atoms with Crippen LogP contribution in [0.1, 0.15) is 30.0 Å². The quantitative estimate of drug-likeness (QED) is 0.247. The van der Waals surface area contributed by atoms with Crippen molar-refractivity contribution in [2.75, 3.05) is 20.8 Å². The molecule has 0 bridgehead atoms. The van der Waals surface area contributed by atoms with Gasteiger partial charge in [0.05, 0.1) is 26.2 Å². The average Bonchev–Trinajstić information content (AvgIpc) is 3.26. The first-order valence-electron chi connectivity index (χ1n) is 12.6. The van der Waals surface area contributed by atoms with E-state index in [1.54, 1.807) is 6.08 Å². The fraction of sp³-hybridized carbons (Fsp3) is 0.212. The van der Waals surface area contributed by atoms with Gasteiger partial charge in [-0.25, -0.2) is 0 Å². The number of carbonyl (C=O) groups excluding carboxylic acids is 2. The van der Waals surface area contributed by atoms with Crippen molar-refractivity contribution < 1.29 is 19.1 Å². The lowest BCUT2D eigenvalue weighted by molar-refractivity contribution is -0.155. The molecule has 5 heteroatoms. The van der Waals surface area contributed by atoms with Crippen LogP contribution in [-0.2, 0) is 24.6 Å². The van der Waals surface area contributed by atoms with E-state index in [4.69, 9.17) is 9.47 Å². The minimum absolute atomic E-state index is 0.167. The van der Waals surface area contributed by atoms with Crippen molar-refractivity contribution in [1.82, 2.24) is 4.90 Å². The molecule has 1 aliphatic rings. The Morgan fingerprint density at radius 2 is 1.47 bits per heavy atom. The summed E-state index contributed by atoms with van der Waals surface area (Å²) < 4.78 is 10.4. The van der Waals surface area contributed by atoms with Crippen molar-refractivity contribution in [2.24, 2.45) is 0 Å². The van der Waals surface area contributed by atoms with Crippen molar-refractivity contribution >= 4 is 11.9 Å². The molecule has 5 nitrogen and oxygen atoms in total. The molecule has 0 aliphatic heterocycles. The number of allylic oxidation sites excluding steroid dienone is 3. The van der Waals surface area contributed by atoms with Gasteiger partial charge in [-0.15, -0.1) is 0 Å². The summed E-state index contributed by atoms with van der Waals surface area (Å²) in [6, 6.07) is 25.7. The number of methoxy groups -OCH3 is 2. The van der Waals surface area contributed by atoms with E-state index in [0.29, 0.717) is 6.54 Å². The molecule has 4 rings (SSSR count). The van der Waals surface area contributed by atoms with Crippen LogP contribution in [-0.4, -0.2) is 43.6 Å². The van der Waals surface area contributed by atoms with Crippen LogP contribution in [0.2, 0.25) is 0 Å². The third-order valence-corrected chi connectivity index (χ3v) is 7.05. The molecule has 3 aromatic carbocycles. The van der Waals surface area contributed by atoms with E-state index in [1.165, 1.54) is 14.2 Å². The van der Waals surface area contributed by atoms with E-state index in [9.17, 15) is 9.59 Å². The topological polar surface area (TPSA) is 55.8 Å². The molecule has 0 heterocycles. The minimum Gasteiger partial charge on any atom is -0.469 e. The van der Waals surface area contributed by atoms with Crippen molar-refractivity contribution in [1.29, 1.82) is 0 Å². The zero-order chi connectivity index (χ0) is 27.1. The number of benzene rings is 3. The van der Waals surface area contributed by atoms with Crippen LogP contribution >= 0.6 is 0 Å². The first kappa shape index (κ1) is 26.8. The Morgan fingerprint density at radius 1 is 0.895 bits per heavy atom. The molecular formula is C33H33NO4. The van der Waals surface area contributed by atoms with Gasteiger partial charge in [0.1, 0.15) is 6.04 Å². The monoisotopic (exact) mass is 507 g/mol. The molecule has 0 aromatic heterocycles. The lowest BCUT2D eigenvalue weighted by Crippen LogP contribution is -2.56. The summed E-state index contributed by atoms with van der Waals surface area (Å²) in [6.45, 7) is 6.18. The smallest absolute Gasteiger partial charge is 0.323 e. The van der Waals surface area contributed by atoms with Gasteiger partial charge in [0.15, 0.2) is 0 Å². The molecule has 1 aliphatic carbocycles. The third-order valence-electron chi connectivity index (χ3n) is 7.05. The number of carbonyl (C=O) groups is 2. The standard InChI is InChI=1S/C33H33NO4/c1-5-14-24(15-6-2)23-34(30(32(36)38-4)22-31(35)37-3)33(25-16-8-7-9-17-25)28-20-12-10-18-26(28)27-19-11-13-21-29(27)33/h5-21,30H,1,22-23H2,2-4H3/b15-6-,24-14+. The summed E-state index contributed by atoms with van der Waals surface area (Å²) in [6.07, 6.45) is 7.43. The Labute approximate surface area is 224 Å². The predicted molar refractivity (Wildman–Crippen MR) is 150 cm³/mol. The first-order valence-corrected chi connectivity index (χ1v) is 12.6. The van der Waals surface area contributed by atoms with Crippen LogP contribution < -0.4 is 0 Å². The van der Waals surface area contributed by atoms with Gasteiger partial charge in [0.2, 0.25) is 0 Å². The highest BCUT2D eigenvalue weighted by atomic mass is 16.5. The predicted octanol–water partition coefficient (Wildman–Crippen LogP) is 6.05. The number of rotatable bonds is 10. The second-order valence-electron chi connectivity index (χ2n) is 9.09. The molecule has 1 atom stereocenters. The van der Waals surface area contributed by atoms with Gasteiger partial charge in [-0.1, -0.05) is 110 Å². The zero-order valence-corrected chi connectivity index (χ0v) is 22.1. The highest BCUT2D eigenvalue weighted by Crippen LogP contribution is 2.55. The molecule has 38 heavy (non-hydrogen) atoms. The molecule has 0 saturated carbocycles. The molecule has 0 radical (unpaired) electrons. The van der Waals surface area contributed by atoms with Gasteiger partial charge in [-0.05, 0) is 40.3 Å². The Bertz CT molecular complexity index is 1330. The van der Waals surface area contributed by atoms with Crippen LogP contribution in [0.25, 0.3) is 11.1 Å². The zero-order valence-electron chi connectivity index (χ0n) is 22.1. The van der Waals surface area contributed by atoms with Crippen molar-refractivity contribution in [3.63, 3.8) is 0 Å². The molecule has 1 unspecified atom stereocenters. The minimum atomic E-state index is -0.940. The van der Waals surface area contributed by atoms with Crippen LogP contribution in [0.3, 0.4) is 0 Å². The largest absolute Gasteiger partial charge is 0.469 e. The molecule has 0 saturated heterocycles. The maximum Gasteiger partial charge on any atom is 0.323 e. The maximum atomic E-state index is 13.5. The van der Waals surface area contributed by atoms with Crippen LogP contribution in [0.15, 0.2) is 115 Å². The number of nitrogens with zero attached hydrogens (tertiary/aromatic N) is 1. The summed E-state index contributed by atoms with van der Waals surface area (Å²) in [4.78, 5) is 28.3. The van der Waals surface area contributed by atoms with Gasteiger partial charge in [0.25, 0.3) is 0 Å². The van der Waals surface area contributed by atoms with Crippen LogP contribution in [0.4, 0.5) is 0 Å². The Morgan fingerprint density at radius 3 is 2.00 bits per heavy atom. The van der Waals surface area contributed by atoms with Gasteiger partial charge in [-0.2, -0.15) is 0 Å². The van der Waals surface area contributed by atoms with E-state index in [-0.39, 0.29) is 6.42 Å². The van der Waals surface area contributed by atoms with Crippen molar-refractivity contribution in [3.8, 4) is 11.1 Å². The lowest BCUT2D eigenvalue weighted by Gasteiger charge is -2.46. The molecular weight excluding hydrogens is 474 g/mol. The van der Waals surface area contributed by atoms with E-state index < -0.39 is 23.5 Å². The summed E-state index contributed by atoms with van der Waals surface area (Å²) in [5, 5.41) is 0. The number of hydrogen-bond acceptors (Lipinski definition) is 5. The van der Waals surface area contributed by atoms with Gasteiger partial charge < -0.3 is 9.47 Å². The number of esters is 2. The summed E-state index contributed by atoms with van der Waals surface area (Å²) in [5.41, 5.74) is 5.24. The van der Waals surface area contributed by atoms with Gasteiger partial charge in [-0.3, -0.25) is 14.5 Å². The lowest BCUT2D eigenvalue weighted by atomic mass is 9.77. The second-order valence-corrected chi connectivity index (χ2v) is 9.09. The van der Waals surface area contributed by atoms with Crippen molar-refractivity contribution in [2.45, 2.75) is 24.9 Å².